The number of nitrogens with zero attached hydrogens (tertiary/aromatic N) is 2. The van der Waals surface area contributed by atoms with Crippen molar-refractivity contribution in [3.63, 3.8) is 0 Å². The van der Waals surface area contributed by atoms with E-state index in [1.165, 1.54) is 0 Å². The molecule has 1 saturated heterocycles. The van der Waals surface area contributed by atoms with Crippen LogP contribution >= 0.6 is 0 Å². The molecule has 2 aliphatic heterocycles. The lowest BCUT2D eigenvalue weighted by molar-refractivity contribution is 0.167. The van der Waals surface area contributed by atoms with Gasteiger partial charge >= 0.3 is 0 Å². The van der Waals surface area contributed by atoms with Crippen molar-refractivity contribution in [3.8, 4) is 17.0 Å². The maximum Gasteiger partial charge on any atom is 0.253 e. The number of anilines is 1. The maximum absolute atomic E-state index is 13.1. The van der Waals surface area contributed by atoms with E-state index in [1.807, 2.05) is 24.3 Å². The van der Waals surface area contributed by atoms with E-state index >= 15 is 0 Å². The monoisotopic (exact) mass is 445 g/mol. The number of sulfone groups is 1. The number of fused-ring (bicyclic) bond motifs is 1. The molecule has 1 atom stereocenters. The van der Waals surface area contributed by atoms with Crippen LogP contribution < -0.4 is 15.2 Å². The highest BCUT2D eigenvalue weighted by atomic mass is 32.2. The Hall–Kier alpha value is -2.32. The molecule has 0 saturated carbocycles. The van der Waals surface area contributed by atoms with E-state index in [0.29, 0.717) is 25.3 Å². The zero-order valence-electron chi connectivity index (χ0n) is 18.4. The van der Waals surface area contributed by atoms with Crippen LogP contribution in [-0.4, -0.2) is 62.6 Å². The van der Waals surface area contributed by atoms with E-state index in [2.05, 4.69) is 41.6 Å². The molecule has 1 aromatic carbocycles. The molecule has 0 aliphatic carbocycles. The van der Waals surface area contributed by atoms with E-state index < -0.39 is 9.84 Å². The quantitative estimate of drug-likeness (QED) is 0.762. The van der Waals surface area contributed by atoms with Crippen molar-refractivity contribution in [1.29, 1.82) is 0 Å². The summed E-state index contributed by atoms with van der Waals surface area (Å²) in [6, 6.07) is 9.74. The molecule has 1 aromatic heterocycles. The first kappa shape index (κ1) is 21.9. The number of hydrogen-bond donors (Lipinski definition) is 1. The van der Waals surface area contributed by atoms with Crippen molar-refractivity contribution in [1.82, 2.24) is 9.88 Å². The lowest BCUT2D eigenvalue weighted by Crippen LogP contribution is -2.45. The summed E-state index contributed by atoms with van der Waals surface area (Å²) in [5, 5.41) is 0. The first-order valence-corrected chi connectivity index (χ1v) is 12.8. The van der Waals surface area contributed by atoms with Crippen LogP contribution in [0.25, 0.3) is 11.3 Å². The van der Waals surface area contributed by atoms with Crippen molar-refractivity contribution in [2.75, 3.05) is 49.2 Å². The molecule has 7 nitrogen and oxygen atoms in total. The first-order valence-electron chi connectivity index (χ1n) is 11.0. The van der Waals surface area contributed by atoms with Gasteiger partial charge in [0.1, 0.15) is 12.4 Å². The van der Waals surface area contributed by atoms with Crippen molar-refractivity contribution >= 4 is 15.5 Å². The summed E-state index contributed by atoms with van der Waals surface area (Å²) >= 11 is 0. The maximum atomic E-state index is 13.1. The summed E-state index contributed by atoms with van der Waals surface area (Å²) in [4.78, 5) is 20.6. The molecule has 1 unspecified atom stereocenters. The highest BCUT2D eigenvalue weighted by molar-refractivity contribution is 7.91. The second kappa shape index (κ2) is 8.67. The van der Waals surface area contributed by atoms with Crippen LogP contribution in [-0.2, 0) is 9.84 Å². The molecule has 4 rings (SSSR count). The molecule has 0 radical (unpaired) electrons. The fourth-order valence-corrected chi connectivity index (χ4v) is 5.87. The molecule has 168 valence electrons. The minimum atomic E-state index is -2.97. The SMILES string of the molecule is CCN1CCOc2ccc(-c3ccc(C(C(C)C)N4CCS(=O)(=O)CC4)c(=O)[nH]3)cc21. The zero-order chi connectivity index (χ0) is 22.2. The number of rotatable bonds is 5. The van der Waals surface area contributed by atoms with E-state index in [9.17, 15) is 13.2 Å². The van der Waals surface area contributed by atoms with Gasteiger partial charge in [-0.3, -0.25) is 9.69 Å². The number of aromatic amines is 1. The average Bonchev–Trinajstić information content (AvgIpc) is 2.75. The molecule has 0 spiro atoms. The van der Waals surface area contributed by atoms with Gasteiger partial charge in [0.2, 0.25) is 0 Å². The van der Waals surface area contributed by atoms with Crippen LogP contribution in [0.4, 0.5) is 5.69 Å². The molecular weight excluding hydrogens is 414 g/mol. The summed E-state index contributed by atoms with van der Waals surface area (Å²) in [5.74, 6) is 1.36. The van der Waals surface area contributed by atoms with Gasteiger partial charge in [0, 0.05) is 42.5 Å². The van der Waals surface area contributed by atoms with E-state index in [1.54, 1.807) is 0 Å². The van der Waals surface area contributed by atoms with Crippen LogP contribution in [0.1, 0.15) is 32.4 Å². The Morgan fingerprint density at radius 2 is 1.84 bits per heavy atom. The van der Waals surface area contributed by atoms with Crippen molar-refractivity contribution < 1.29 is 13.2 Å². The minimum absolute atomic E-state index is 0.110. The Kier molecular flexibility index (Phi) is 6.12. The van der Waals surface area contributed by atoms with Crippen LogP contribution in [0.3, 0.4) is 0 Å². The normalized spacial score (nSPS) is 19.7. The highest BCUT2D eigenvalue weighted by Gasteiger charge is 2.31. The first-order chi connectivity index (χ1) is 14.8. The number of hydrogen-bond acceptors (Lipinski definition) is 6. The topological polar surface area (TPSA) is 82.7 Å². The molecule has 0 amide bonds. The van der Waals surface area contributed by atoms with Gasteiger partial charge in [-0.1, -0.05) is 13.8 Å². The largest absolute Gasteiger partial charge is 0.490 e. The van der Waals surface area contributed by atoms with Gasteiger partial charge in [0.25, 0.3) is 5.56 Å². The van der Waals surface area contributed by atoms with Crippen LogP contribution in [0.5, 0.6) is 5.75 Å². The summed E-state index contributed by atoms with van der Waals surface area (Å²) in [6.45, 7) is 9.62. The van der Waals surface area contributed by atoms with E-state index in [-0.39, 0.29) is 29.0 Å². The standard InChI is InChI=1S/C23H31N3O4S/c1-4-25-9-12-30-21-8-5-17(15-20(21)25)19-7-6-18(23(27)24-19)22(16(2)3)26-10-13-31(28,29)14-11-26/h5-8,15-16,22H,4,9-14H2,1-3H3,(H,24,27). The molecule has 8 heteroatoms. The van der Waals surface area contributed by atoms with Gasteiger partial charge in [0.15, 0.2) is 9.84 Å². The molecule has 31 heavy (non-hydrogen) atoms. The minimum Gasteiger partial charge on any atom is -0.490 e. The number of ether oxygens (including phenoxy) is 1. The van der Waals surface area contributed by atoms with Gasteiger partial charge in [-0.15, -0.1) is 0 Å². The van der Waals surface area contributed by atoms with Crippen molar-refractivity contribution in [2.45, 2.75) is 26.8 Å². The van der Waals surface area contributed by atoms with Crippen molar-refractivity contribution in [3.05, 3.63) is 46.2 Å². The predicted molar refractivity (Wildman–Crippen MR) is 124 cm³/mol. The highest BCUT2D eigenvalue weighted by Crippen LogP contribution is 2.35. The number of aromatic nitrogens is 1. The average molecular weight is 446 g/mol. The van der Waals surface area contributed by atoms with Crippen LogP contribution in [0.2, 0.25) is 0 Å². The number of likely N-dealkylation sites (N-methyl/N-ethyl adjacent to an activating group) is 1. The predicted octanol–water partition coefficient (Wildman–Crippen LogP) is 2.69. The Morgan fingerprint density at radius 1 is 1.10 bits per heavy atom. The number of pyridine rings is 1. The Morgan fingerprint density at radius 3 is 2.48 bits per heavy atom. The Balaban J connectivity index is 1.64. The Bertz CT molecular complexity index is 1100. The Labute approximate surface area is 183 Å². The molecular formula is C23H31N3O4S. The zero-order valence-corrected chi connectivity index (χ0v) is 19.2. The lowest BCUT2D eigenvalue weighted by atomic mass is 9.94. The number of benzene rings is 1. The van der Waals surface area contributed by atoms with E-state index in [0.717, 1.165) is 35.8 Å². The molecule has 0 bridgehead atoms. The third kappa shape index (κ3) is 4.50. The number of nitrogens with one attached hydrogen (secondary N) is 1. The van der Waals surface area contributed by atoms with Gasteiger partial charge in [-0.05, 0) is 43.2 Å². The third-order valence-corrected chi connectivity index (χ3v) is 7.88. The summed E-state index contributed by atoms with van der Waals surface area (Å²) in [7, 11) is -2.97. The van der Waals surface area contributed by atoms with E-state index in [4.69, 9.17) is 4.74 Å². The second-order valence-corrected chi connectivity index (χ2v) is 10.9. The lowest BCUT2D eigenvalue weighted by Gasteiger charge is -2.36. The molecule has 3 heterocycles. The van der Waals surface area contributed by atoms with Gasteiger partial charge in [-0.2, -0.15) is 0 Å². The smallest absolute Gasteiger partial charge is 0.253 e. The summed E-state index contributed by atoms with van der Waals surface area (Å²) in [6.07, 6.45) is 0. The van der Waals surface area contributed by atoms with Gasteiger partial charge in [-0.25, -0.2) is 8.42 Å². The summed E-state index contributed by atoms with van der Waals surface area (Å²) < 4.78 is 29.4. The fourth-order valence-electron chi connectivity index (χ4n) is 4.64. The van der Waals surface area contributed by atoms with Crippen molar-refractivity contribution in [2.24, 2.45) is 5.92 Å². The molecule has 1 fully saturated rings. The van der Waals surface area contributed by atoms with Gasteiger partial charge < -0.3 is 14.6 Å². The molecule has 1 N–H and O–H groups in total. The van der Waals surface area contributed by atoms with Crippen LogP contribution in [0.15, 0.2) is 35.1 Å². The van der Waals surface area contributed by atoms with Crippen LogP contribution in [0, 0.1) is 5.92 Å². The molecule has 2 aliphatic rings. The second-order valence-electron chi connectivity index (χ2n) is 8.64. The third-order valence-electron chi connectivity index (χ3n) is 6.27. The van der Waals surface area contributed by atoms with Gasteiger partial charge in [0.05, 0.1) is 23.7 Å². The summed E-state index contributed by atoms with van der Waals surface area (Å²) in [5.41, 5.74) is 3.32. The number of H-pyrrole nitrogens is 1. The fraction of sp³-hybridized carbons (Fsp3) is 0.522. The molecule has 2 aromatic rings.